The number of imide groups is 2. The molecule has 4 heterocycles. The topological polar surface area (TPSA) is 122 Å². The number of hydrogen-bond donors (Lipinski definition) is 1. The summed E-state index contributed by atoms with van der Waals surface area (Å²) in [6.45, 7) is 9.40. The van der Waals surface area contributed by atoms with Gasteiger partial charge in [-0.3, -0.25) is 28.8 Å². The summed E-state index contributed by atoms with van der Waals surface area (Å²) in [6.07, 6.45) is 2.60. The summed E-state index contributed by atoms with van der Waals surface area (Å²) in [5.41, 5.74) is 1.14. The number of hydrogen-bond acceptors (Lipinski definition) is 8. The van der Waals surface area contributed by atoms with Crippen molar-refractivity contribution in [2.45, 2.75) is 58.9 Å². The fourth-order valence-corrected chi connectivity index (χ4v) is 10.7. The van der Waals surface area contributed by atoms with E-state index in [0.717, 1.165) is 26.1 Å². The molecule has 0 radical (unpaired) electrons. The highest BCUT2D eigenvalue weighted by molar-refractivity contribution is 7.22. The van der Waals surface area contributed by atoms with Crippen molar-refractivity contribution in [3.8, 4) is 22.1 Å². The fourth-order valence-electron chi connectivity index (χ4n) is 9.39. The molecule has 264 valence electrons. The number of anilines is 1. The number of benzene rings is 2. The van der Waals surface area contributed by atoms with E-state index in [1.807, 2.05) is 58.9 Å². The number of carbonyl (C=O) groups is 4. The summed E-state index contributed by atoms with van der Waals surface area (Å²) in [7, 11) is 3.22. The molecule has 6 atom stereocenters. The highest BCUT2D eigenvalue weighted by Gasteiger charge is 2.68. The molecule has 1 N–H and O–H groups in total. The van der Waals surface area contributed by atoms with Crippen molar-refractivity contribution in [1.29, 1.82) is 0 Å². The molecule has 4 amide bonds. The first kappa shape index (κ1) is 33.7. The number of phenols is 1. The van der Waals surface area contributed by atoms with E-state index in [9.17, 15) is 19.5 Å². The Morgan fingerprint density at radius 2 is 1.76 bits per heavy atom. The lowest BCUT2D eigenvalue weighted by Crippen LogP contribution is -2.49. The van der Waals surface area contributed by atoms with E-state index in [-0.39, 0.29) is 35.8 Å². The molecule has 2 aliphatic carbocycles. The second-order valence-corrected chi connectivity index (χ2v) is 17.0. The lowest BCUT2D eigenvalue weighted by molar-refractivity contribution is -0.145. The first-order chi connectivity index (χ1) is 24.1. The third kappa shape index (κ3) is 4.63. The van der Waals surface area contributed by atoms with Gasteiger partial charge in [0, 0.05) is 45.9 Å². The number of ether oxygens (including phenoxy) is 1. The van der Waals surface area contributed by atoms with Gasteiger partial charge in [-0.05, 0) is 88.6 Å². The predicted octanol–water partition coefficient (Wildman–Crippen LogP) is 7.01. The molecule has 1 saturated carbocycles. The number of aromatic hydroxyl groups is 1. The summed E-state index contributed by atoms with van der Waals surface area (Å²) >= 11 is 7.88. The molecule has 3 fully saturated rings. The molecule has 0 unspecified atom stereocenters. The highest BCUT2D eigenvalue weighted by atomic mass is 35.5. The van der Waals surface area contributed by atoms with E-state index in [1.165, 1.54) is 23.0 Å². The maximum Gasteiger partial charge on any atom is 0.242 e. The van der Waals surface area contributed by atoms with Gasteiger partial charge in [0.15, 0.2) is 0 Å². The Kier molecular flexibility index (Phi) is 7.43. The monoisotopic (exact) mass is 726 g/mol. The van der Waals surface area contributed by atoms with Crippen molar-refractivity contribution in [2.24, 2.45) is 36.1 Å². The quantitative estimate of drug-likeness (QED) is 0.177. The van der Waals surface area contributed by atoms with Crippen molar-refractivity contribution in [2.75, 3.05) is 12.0 Å². The second-order valence-electron chi connectivity index (χ2n) is 15.5. The summed E-state index contributed by atoms with van der Waals surface area (Å²) < 4.78 is 8.40. The summed E-state index contributed by atoms with van der Waals surface area (Å²) in [4.78, 5) is 61.4. The third-order valence-corrected chi connectivity index (χ3v) is 13.2. The number of phenolic OH excluding ortho intramolecular Hbond substituents is 1. The number of fused-ring (bicyclic) bond motifs is 5. The molecule has 2 saturated heterocycles. The SMILES string of the molecule is COc1cc(O)ccc1[C@H]1C2=CC[C@@H]3C(=O)N(C(C)(C)C)C(=O)[C@@H]3[C@@H]2C[C@H]2C(=O)N(c3cc(-c4sc5ccc(Cl)cc5c4C)nn3C)C(=O)[C@@]12C. The van der Waals surface area contributed by atoms with E-state index >= 15 is 4.79 Å². The number of likely N-dealkylation sites (tertiary alicyclic amines) is 1. The lowest BCUT2D eigenvalue weighted by atomic mass is 9.51. The number of thiophene rings is 1. The Hall–Kier alpha value is -4.48. The average Bonchev–Trinajstić information content (AvgIpc) is 3.74. The third-order valence-electron chi connectivity index (χ3n) is 11.7. The van der Waals surface area contributed by atoms with Crippen LogP contribution in [0.3, 0.4) is 0 Å². The summed E-state index contributed by atoms with van der Waals surface area (Å²) in [5, 5.41) is 16.9. The Balaban J connectivity index is 1.27. The smallest absolute Gasteiger partial charge is 0.242 e. The molecule has 2 aliphatic heterocycles. The fraction of sp³-hybridized carbons (Fsp3) is 0.410. The van der Waals surface area contributed by atoms with Crippen LogP contribution < -0.4 is 9.64 Å². The molecule has 4 aliphatic rings. The van der Waals surface area contributed by atoms with Crippen LogP contribution in [0.1, 0.15) is 57.6 Å². The van der Waals surface area contributed by atoms with Gasteiger partial charge < -0.3 is 9.84 Å². The number of nitrogens with zero attached hydrogens (tertiary/aromatic N) is 4. The number of aryl methyl sites for hydroxylation is 2. The van der Waals surface area contributed by atoms with Gasteiger partial charge in [0.2, 0.25) is 23.6 Å². The van der Waals surface area contributed by atoms with E-state index < -0.39 is 40.5 Å². The van der Waals surface area contributed by atoms with Gasteiger partial charge in [-0.25, -0.2) is 4.90 Å². The number of carbonyl (C=O) groups excluding carboxylic acids is 4. The van der Waals surface area contributed by atoms with Crippen LogP contribution in [0.25, 0.3) is 20.7 Å². The van der Waals surface area contributed by atoms with Crippen LogP contribution >= 0.6 is 22.9 Å². The minimum atomic E-state index is -1.28. The standard InChI is InChI=1S/C39H39ClN4O6S/c1-18-24-14-19(40)8-13-29(24)51-33(18)27-17-30(42(6)41-27)43-35(47)26-16-25-21(11-12-23-31(25)36(48)44(34(23)46)38(2,3)4)32(39(26,5)37(43)49)22-10-9-20(45)15-28(22)50-7/h8-11,13-15,17,23,25-26,31-32,45H,12,16H2,1-7H3/t23-,25+,26-,31-,32+,39+/m0/s1. The molecular formula is C39H39ClN4O6S. The first-order valence-corrected chi connectivity index (χ1v) is 18.3. The van der Waals surface area contributed by atoms with E-state index in [1.54, 1.807) is 41.3 Å². The molecular weight excluding hydrogens is 688 g/mol. The van der Waals surface area contributed by atoms with Gasteiger partial charge in [0.25, 0.3) is 0 Å². The molecule has 12 heteroatoms. The van der Waals surface area contributed by atoms with Crippen molar-refractivity contribution in [3.63, 3.8) is 0 Å². The van der Waals surface area contributed by atoms with E-state index in [0.29, 0.717) is 34.3 Å². The largest absolute Gasteiger partial charge is 0.508 e. The number of allylic oxidation sites excluding steroid dienone is 2. The van der Waals surface area contributed by atoms with Gasteiger partial charge in [-0.15, -0.1) is 11.3 Å². The molecule has 2 aromatic carbocycles. The van der Waals surface area contributed by atoms with Crippen LogP contribution in [-0.2, 0) is 26.2 Å². The Morgan fingerprint density at radius 1 is 1.02 bits per heavy atom. The molecule has 4 aromatic rings. The molecule has 51 heavy (non-hydrogen) atoms. The van der Waals surface area contributed by atoms with E-state index in [4.69, 9.17) is 21.4 Å². The highest BCUT2D eigenvalue weighted by Crippen LogP contribution is 2.65. The van der Waals surface area contributed by atoms with Crippen molar-refractivity contribution < 1.29 is 29.0 Å². The van der Waals surface area contributed by atoms with Crippen LogP contribution in [0.15, 0.2) is 54.1 Å². The average molecular weight is 727 g/mol. The van der Waals surface area contributed by atoms with Crippen LogP contribution in [0.2, 0.25) is 5.02 Å². The van der Waals surface area contributed by atoms with Crippen molar-refractivity contribution in [3.05, 3.63) is 70.3 Å². The zero-order valence-electron chi connectivity index (χ0n) is 29.5. The zero-order valence-corrected chi connectivity index (χ0v) is 31.1. The first-order valence-electron chi connectivity index (χ1n) is 17.1. The number of amides is 4. The number of aromatic nitrogens is 2. The van der Waals surface area contributed by atoms with Gasteiger partial charge >= 0.3 is 0 Å². The minimum Gasteiger partial charge on any atom is -0.508 e. The van der Waals surface area contributed by atoms with Crippen molar-refractivity contribution in [1.82, 2.24) is 14.7 Å². The normalized spacial score (nSPS) is 27.6. The number of halogens is 1. The maximum absolute atomic E-state index is 15.1. The van der Waals surface area contributed by atoms with Crippen molar-refractivity contribution >= 4 is 62.5 Å². The Bertz CT molecular complexity index is 2250. The molecule has 0 spiro atoms. The molecule has 2 aromatic heterocycles. The molecule has 8 rings (SSSR count). The number of rotatable bonds is 4. The predicted molar refractivity (Wildman–Crippen MR) is 195 cm³/mol. The van der Waals surface area contributed by atoms with Gasteiger partial charge in [0.1, 0.15) is 23.0 Å². The second kappa shape index (κ2) is 11.3. The lowest BCUT2D eigenvalue weighted by Gasteiger charge is -2.49. The minimum absolute atomic E-state index is 0.00333. The van der Waals surface area contributed by atoms with Gasteiger partial charge in [-0.1, -0.05) is 29.3 Å². The Labute approximate surface area is 304 Å². The van der Waals surface area contributed by atoms with Crippen LogP contribution in [0.4, 0.5) is 5.82 Å². The van der Waals surface area contributed by atoms with Crippen LogP contribution in [0, 0.1) is 36.0 Å². The number of methoxy groups -OCH3 is 1. The van der Waals surface area contributed by atoms with Gasteiger partial charge in [0.05, 0.1) is 35.2 Å². The van der Waals surface area contributed by atoms with E-state index in [2.05, 4.69) is 0 Å². The summed E-state index contributed by atoms with van der Waals surface area (Å²) in [6, 6.07) is 12.3. The zero-order chi connectivity index (χ0) is 36.5. The molecule has 0 bridgehead atoms. The maximum atomic E-state index is 15.1. The Morgan fingerprint density at radius 3 is 2.47 bits per heavy atom. The van der Waals surface area contributed by atoms with Gasteiger partial charge in [-0.2, -0.15) is 5.10 Å². The summed E-state index contributed by atoms with van der Waals surface area (Å²) in [5.74, 6) is -3.61. The van der Waals surface area contributed by atoms with Crippen LogP contribution in [-0.4, -0.2) is 56.1 Å². The molecule has 10 nitrogen and oxygen atoms in total. The van der Waals surface area contributed by atoms with Crippen LogP contribution in [0.5, 0.6) is 11.5 Å².